The number of nitrogens with zero attached hydrogens (tertiary/aromatic N) is 1. The third-order valence-corrected chi connectivity index (χ3v) is 3.76. The summed E-state index contributed by atoms with van der Waals surface area (Å²) in [6, 6.07) is 11.6. The van der Waals surface area contributed by atoms with Crippen molar-refractivity contribution in [3.63, 3.8) is 0 Å². The number of aliphatic carboxylic acids is 1. The Labute approximate surface area is 169 Å². The molecule has 0 aliphatic rings. The normalized spacial score (nSPS) is 11.1. The zero-order valence-corrected chi connectivity index (χ0v) is 15.4. The fourth-order valence-corrected chi connectivity index (χ4v) is 2.47. The summed E-state index contributed by atoms with van der Waals surface area (Å²) in [5.74, 6) is -1.88. The molecule has 0 aliphatic carbocycles. The molecule has 3 aromatic rings. The monoisotopic (exact) mass is 405 g/mol. The topological polar surface area (TPSA) is 139 Å². The van der Waals surface area contributed by atoms with Crippen molar-refractivity contribution in [1.29, 1.82) is 0 Å². The molecule has 0 bridgehead atoms. The van der Waals surface area contributed by atoms with Crippen LogP contribution in [0.1, 0.15) is 0 Å². The van der Waals surface area contributed by atoms with Crippen molar-refractivity contribution in [1.82, 2.24) is 4.98 Å². The molecule has 0 aliphatic heterocycles. The number of carbonyl (C=O) groups excluding carboxylic acids is 3. The van der Waals surface area contributed by atoms with E-state index in [4.69, 9.17) is 9.52 Å². The van der Waals surface area contributed by atoms with Crippen LogP contribution in [-0.2, 0) is 19.2 Å². The maximum Gasteiger partial charge on any atom is 0.328 e. The van der Waals surface area contributed by atoms with Crippen molar-refractivity contribution in [3.05, 3.63) is 66.8 Å². The Morgan fingerprint density at radius 2 is 1.57 bits per heavy atom. The van der Waals surface area contributed by atoms with Gasteiger partial charge in [0.1, 0.15) is 11.8 Å². The van der Waals surface area contributed by atoms with Gasteiger partial charge >= 0.3 is 5.97 Å². The van der Waals surface area contributed by atoms with E-state index in [0.29, 0.717) is 40.2 Å². The summed E-state index contributed by atoms with van der Waals surface area (Å²) in [7, 11) is 0. The standard InChI is InChI=1S/C21H15N3O6/c25-11-1-2-18(26)22-14-5-3-13(4-6-14)21-24-16-12-15(7-8-17(16)30-21)23-19(27)9-10-20(28)29/h1-12H,(H,22,26)(H,23,27)(H,28,29)/b2-1-,10-9-. The van der Waals surface area contributed by atoms with Crippen molar-refractivity contribution in [3.8, 4) is 11.5 Å². The largest absolute Gasteiger partial charge is 0.478 e. The Kier molecular flexibility index (Phi) is 6.14. The molecule has 150 valence electrons. The number of oxazole rings is 1. The average Bonchev–Trinajstić information content (AvgIpc) is 3.14. The minimum atomic E-state index is -1.22. The summed E-state index contributed by atoms with van der Waals surface area (Å²) in [5, 5.41) is 13.7. The number of hydrogen-bond acceptors (Lipinski definition) is 6. The molecule has 30 heavy (non-hydrogen) atoms. The van der Waals surface area contributed by atoms with Crippen LogP contribution in [0.25, 0.3) is 22.6 Å². The highest BCUT2D eigenvalue weighted by atomic mass is 16.4. The van der Waals surface area contributed by atoms with Gasteiger partial charge in [-0.05, 0) is 48.5 Å². The van der Waals surface area contributed by atoms with Crippen LogP contribution >= 0.6 is 0 Å². The first-order valence-electron chi connectivity index (χ1n) is 8.60. The average molecular weight is 405 g/mol. The summed E-state index contributed by atoms with van der Waals surface area (Å²) in [6.45, 7) is 0. The van der Waals surface area contributed by atoms with E-state index in [1.165, 1.54) is 0 Å². The number of aldehydes is 1. The summed E-state index contributed by atoms with van der Waals surface area (Å²) in [4.78, 5) is 48.3. The molecule has 0 saturated heterocycles. The maximum atomic E-state index is 11.7. The maximum absolute atomic E-state index is 11.7. The summed E-state index contributed by atoms with van der Waals surface area (Å²) >= 11 is 0. The van der Waals surface area contributed by atoms with Gasteiger partial charge in [0.2, 0.25) is 17.7 Å². The van der Waals surface area contributed by atoms with E-state index in [9.17, 15) is 19.2 Å². The number of hydrogen-bond donors (Lipinski definition) is 3. The second-order valence-corrected chi connectivity index (χ2v) is 5.92. The van der Waals surface area contributed by atoms with Gasteiger partial charge in [-0.2, -0.15) is 0 Å². The summed E-state index contributed by atoms with van der Waals surface area (Å²) in [6.07, 6.45) is 4.39. The number of nitrogens with one attached hydrogen (secondary N) is 2. The molecule has 0 saturated carbocycles. The third-order valence-electron chi connectivity index (χ3n) is 3.76. The van der Waals surface area contributed by atoms with Gasteiger partial charge in [0.25, 0.3) is 0 Å². The molecule has 0 spiro atoms. The Hall–Kier alpha value is -4.53. The molecule has 0 radical (unpaired) electrons. The van der Waals surface area contributed by atoms with Crippen molar-refractivity contribution in [2.24, 2.45) is 0 Å². The molecule has 0 fully saturated rings. The van der Waals surface area contributed by atoms with Gasteiger partial charge < -0.3 is 20.2 Å². The molecule has 3 N–H and O–H groups in total. The number of carboxylic acids is 1. The molecule has 1 heterocycles. The van der Waals surface area contributed by atoms with Crippen molar-refractivity contribution < 1.29 is 28.7 Å². The van der Waals surface area contributed by atoms with E-state index in [1.54, 1.807) is 42.5 Å². The SMILES string of the molecule is O=C/C=C\C(=O)Nc1ccc(-c2nc3cc(NC(=O)/C=C\C(=O)O)ccc3o2)cc1. The minimum absolute atomic E-state index is 0.345. The van der Waals surface area contributed by atoms with Crippen LogP contribution in [0.5, 0.6) is 0 Å². The first-order valence-corrected chi connectivity index (χ1v) is 8.60. The van der Waals surface area contributed by atoms with Gasteiger partial charge in [-0.15, -0.1) is 0 Å². The van der Waals surface area contributed by atoms with E-state index < -0.39 is 17.8 Å². The summed E-state index contributed by atoms with van der Waals surface area (Å²) in [5.41, 5.74) is 2.64. The molecule has 2 aromatic carbocycles. The Morgan fingerprint density at radius 3 is 2.27 bits per heavy atom. The van der Waals surface area contributed by atoms with Crippen LogP contribution in [0.3, 0.4) is 0 Å². The predicted octanol–water partition coefficient (Wildman–Crippen LogP) is 2.77. The van der Waals surface area contributed by atoms with Crippen LogP contribution in [0.2, 0.25) is 0 Å². The van der Waals surface area contributed by atoms with Crippen LogP contribution < -0.4 is 10.6 Å². The third kappa shape index (κ3) is 5.26. The van der Waals surface area contributed by atoms with Crippen LogP contribution in [-0.4, -0.2) is 34.2 Å². The number of rotatable bonds is 7. The number of carboxylic acid groups (broad SMARTS) is 1. The molecule has 0 unspecified atom stereocenters. The lowest BCUT2D eigenvalue weighted by Crippen LogP contribution is -2.08. The van der Waals surface area contributed by atoms with E-state index >= 15 is 0 Å². The van der Waals surface area contributed by atoms with Gasteiger partial charge in [-0.25, -0.2) is 9.78 Å². The highest BCUT2D eigenvalue weighted by molar-refractivity contribution is 6.03. The van der Waals surface area contributed by atoms with E-state index in [1.807, 2.05) is 0 Å². The highest BCUT2D eigenvalue weighted by Crippen LogP contribution is 2.27. The van der Waals surface area contributed by atoms with Crippen molar-refractivity contribution in [2.75, 3.05) is 10.6 Å². The fourth-order valence-electron chi connectivity index (χ4n) is 2.47. The zero-order chi connectivity index (χ0) is 21.5. The number of benzene rings is 2. The lowest BCUT2D eigenvalue weighted by molar-refractivity contribution is -0.131. The highest BCUT2D eigenvalue weighted by Gasteiger charge is 2.10. The van der Waals surface area contributed by atoms with Gasteiger partial charge in [-0.3, -0.25) is 14.4 Å². The summed E-state index contributed by atoms with van der Waals surface area (Å²) < 4.78 is 5.71. The first kappa shape index (κ1) is 20.2. The van der Waals surface area contributed by atoms with Crippen LogP contribution in [0.4, 0.5) is 11.4 Å². The second-order valence-electron chi connectivity index (χ2n) is 5.92. The lowest BCUT2D eigenvalue weighted by Gasteiger charge is -2.02. The molecule has 3 rings (SSSR count). The smallest absolute Gasteiger partial charge is 0.328 e. The molecule has 9 heteroatoms. The van der Waals surface area contributed by atoms with Crippen LogP contribution in [0, 0.1) is 0 Å². The van der Waals surface area contributed by atoms with Crippen molar-refractivity contribution in [2.45, 2.75) is 0 Å². The number of aromatic nitrogens is 1. The number of allylic oxidation sites excluding steroid dienone is 1. The molecule has 0 atom stereocenters. The Morgan fingerprint density at radius 1 is 0.900 bits per heavy atom. The molecule has 9 nitrogen and oxygen atoms in total. The van der Waals surface area contributed by atoms with Gasteiger partial charge in [0, 0.05) is 35.2 Å². The molecular formula is C21H15N3O6. The number of amides is 2. The molecule has 1 aromatic heterocycles. The van der Waals surface area contributed by atoms with Gasteiger partial charge in [0.05, 0.1) is 0 Å². The predicted molar refractivity (Wildman–Crippen MR) is 109 cm³/mol. The quantitative estimate of drug-likeness (QED) is 0.406. The lowest BCUT2D eigenvalue weighted by atomic mass is 10.2. The van der Waals surface area contributed by atoms with Gasteiger partial charge in [-0.1, -0.05) is 0 Å². The van der Waals surface area contributed by atoms with Crippen LogP contribution in [0.15, 0.2) is 71.2 Å². The van der Waals surface area contributed by atoms with Gasteiger partial charge in [0.15, 0.2) is 5.58 Å². The minimum Gasteiger partial charge on any atom is -0.478 e. The zero-order valence-electron chi connectivity index (χ0n) is 15.4. The fraction of sp³-hybridized carbons (Fsp3) is 0. The van der Waals surface area contributed by atoms with E-state index in [0.717, 1.165) is 24.3 Å². The Balaban J connectivity index is 1.74. The molecular weight excluding hydrogens is 390 g/mol. The molecule has 2 amide bonds. The number of carbonyl (C=O) groups is 4. The first-order chi connectivity index (χ1) is 14.4. The number of fused-ring (bicyclic) bond motifs is 1. The number of anilines is 2. The van der Waals surface area contributed by atoms with E-state index in [-0.39, 0.29) is 0 Å². The van der Waals surface area contributed by atoms with Crippen molar-refractivity contribution >= 4 is 46.5 Å². The Bertz CT molecular complexity index is 1180. The van der Waals surface area contributed by atoms with E-state index in [2.05, 4.69) is 15.6 Å². The second kappa shape index (κ2) is 9.11.